The number of ether oxygens (including phenoxy) is 3. The summed E-state index contributed by atoms with van der Waals surface area (Å²) in [5.74, 6) is 0.957. The Bertz CT molecular complexity index is 469. The van der Waals surface area contributed by atoms with Crippen molar-refractivity contribution in [1.82, 2.24) is 15.1 Å². The zero-order chi connectivity index (χ0) is 17.1. The number of morpholine rings is 2. The molecule has 0 radical (unpaired) electrons. The summed E-state index contributed by atoms with van der Waals surface area (Å²) in [6, 6.07) is 0.655. The minimum atomic E-state index is 0.158. The Labute approximate surface area is 150 Å². The topological polar surface area (TPSA) is 58.6 Å². The average molecular weight is 352 g/mol. The maximum Gasteiger partial charge on any atom is 0.193 e. The summed E-state index contributed by atoms with van der Waals surface area (Å²) < 4.78 is 17.8. The van der Waals surface area contributed by atoms with Gasteiger partial charge in [0, 0.05) is 45.9 Å². The van der Waals surface area contributed by atoms with Gasteiger partial charge >= 0.3 is 0 Å². The molecule has 1 N–H and O–H groups in total. The highest BCUT2D eigenvalue weighted by atomic mass is 16.5. The van der Waals surface area contributed by atoms with Crippen LogP contribution in [0.4, 0.5) is 0 Å². The summed E-state index contributed by atoms with van der Waals surface area (Å²) in [4.78, 5) is 9.38. The molecule has 4 fully saturated rings. The molecule has 0 saturated carbocycles. The highest BCUT2D eigenvalue weighted by molar-refractivity contribution is 5.80. The molecule has 0 aromatic carbocycles. The van der Waals surface area contributed by atoms with E-state index in [-0.39, 0.29) is 18.3 Å². The molecule has 4 heterocycles. The fraction of sp³-hybridized carbons (Fsp3) is 0.944. The van der Waals surface area contributed by atoms with Crippen LogP contribution in [0.3, 0.4) is 0 Å². The lowest BCUT2D eigenvalue weighted by molar-refractivity contribution is -0.0820. The molecule has 4 aliphatic heterocycles. The van der Waals surface area contributed by atoms with E-state index in [1.807, 2.05) is 7.05 Å². The molecule has 0 spiro atoms. The number of aliphatic imine (C=N–C) groups is 1. The first kappa shape index (κ1) is 17.5. The summed E-state index contributed by atoms with van der Waals surface area (Å²) in [5.41, 5.74) is 0. The molecular formula is C18H32N4O3. The quantitative estimate of drug-likeness (QED) is 0.583. The standard InChI is InChI=1S/C18H32N4O3/c1-19-18(20-10-15-11-21-6-2-4-14(21)13-25-15)22-7-9-24-17(12-22)16-5-3-8-23-16/h14-17H,2-13H2,1H3,(H,19,20). The molecule has 0 aromatic heterocycles. The molecule has 4 saturated heterocycles. The highest BCUT2D eigenvalue weighted by Gasteiger charge is 2.34. The SMILES string of the molecule is CN=C(NCC1CN2CCCC2CO1)N1CCOC(C2CCCO2)C1. The Balaban J connectivity index is 1.27. The molecule has 25 heavy (non-hydrogen) atoms. The number of hydrogen-bond donors (Lipinski definition) is 1. The molecule has 0 amide bonds. The van der Waals surface area contributed by atoms with Crippen molar-refractivity contribution in [3.05, 3.63) is 0 Å². The van der Waals surface area contributed by atoms with Gasteiger partial charge in [0.1, 0.15) is 6.10 Å². The van der Waals surface area contributed by atoms with Crippen LogP contribution in [0.2, 0.25) is 0 Å². The zero-order valence-corrected chi connectivity index (χ0v) is 15.4. The first-order chi connectivity index (χ1) is 12.3. The average Bonchev–Trinajstić information content (AvgIpc) is 3.34. The second kappa shape index (κ2) is 8.20. The van der Waals surface area contributed by atoms with Gasteiger partial charge < -0.3 is 24.4 Å². The predicted molar refractivity (Wildman–Crippen MR) is 96.0 cm³/mol. The third-order valence-corrected chi connectivity index (χ3v) is 5.93. The van der Waals surface area contributed by atoms with Gasteiger partial charge in [0.25, 0.3) is 0 Å². The molecule has 0 aromatic rings. The normalized spacial score (nSPS) is 37.3. The molecule has 4 unspecified atom stereocenters. The number of fused-ring (bicyclic) bond motifs is 1. The van der Waals surface area contributed by atoms with Crippen LogP contribution in [0.5, 0.6) is 0 Å². The van der Waals surface area contributed by atoms with Crippen molar-refractivity contribution in [1.29, 1.82) is 0 Å². The summed E-state index contributed by atoms with van der Waals surface area (Å²) in [7, 11) is 1.86. The van der Waals surface area contributed by atoms with E-state index in [4.69, 9.17) is 14.2 Å². The second-order valence-electron chi connectivity index (χ2n) is 7.58. The van der Waals surface area contributed by atoms with Crippen LogP contribution in [-0.2, 0) is 14.2 Å². The van der Waals surface area contributed by atoms with Crippen molar-refractivity contribution in [2.45, 2.75) is 50.0 Å². The maximum absolute atomic E-state index is 6.05. The molecular weight excluding hydrogens is 320 g/mol. The molecule has 4 rings (SSSR count). The second-order valence-corrected chi connectivity index (χ2v) is 7.58. The fourth-order valence-electron chi connectivity index (χ4n) is 4.54. The van der Waals surface area contributed by atoms with Crippen molar-refractivity contribution < 1.29 is 14.2 Å². The van der Waals surface area contributed by atoms with E-state index in [0.29, 0.717) is 6.04 Å². The smallest absolute Gasteiger partial charge is 0.193 e. The number of nitrogens with zero attached hydrogens (tertiary/aromatic N) is 3. The lowest BCUT2D eigenvalue weighted by atomic mass is 10.1. The Morgan fingerprint density at radius 1 is 1.04 bits per heavy atom. The first-order valence-electron chi connectivity index (χ1n) is 9.88. The molecule has 7 heteroatoms. The highest BCUT2D eigenvalue weighted by Crippen LogP contribution is 2.23. The largest absolute Gasteiger partial charge is 0.375 e. The lowest BCUT2D eigenvalue weighted by Gasteiger charge is -2.38. The van der Waals surface area contributed by atoms with E-state index in [2.05, 4.69) is 20.1 Å². The van der Waals surface area contributed by atoms with E-state index in [1.54, 1.807) is 0 Å². The minimum Gasteiger partial charge on any atom is -0.375 e. The van der Waals surface area contributed by atoms with E-state index in [0.717, 1.165) is 64.8 Å². The van der Waals surface area contributed by atoms with E-state index in [9.17, 15) is 0 Å². The van der Waals surface area contributed by atoms with Gasteiger partial charge in [0.05, 0.1) is 25.4 Å². The zero-order valence-electron chi connectivity index (χ0n) is 15.4. The third-order valence-electron chi connectivity index (χ3n) is 5.93. The summed E-state index contributed by atoms with van der Waals surface area (Å²) in [6.07, 6.45) is 5.52. The van der Waals surface area contributed by atoms with Crippen molar-refractivity contribution in [3.8, 4) is 0 Å². The first-order valence-corrected chi connectivity index (χ1v) is 9.88. The van der Waals surface area contributed by atoms with Crippen molar-refractivity contribution >= 4 is 5.96 Å². The van der Waals surface area contributed by atoms with Crippen LogP contribution in [0.15, 0.2) is 4.99 Å². The van der Waals surface area contributed by atoms with Crippen LogP contribution in [0.25, 0.3) is 0 Å². The lowest BCUT2D eigenvalue weighted by Crippen LogP contribution is -2.55. The Morgan fingerprint density at radius 2 is 1.96 bits per heavy atom. The minimum absolute atomic E-state index is 0.158. The monoisotopic (exact) mass is 352 g/mol. The number of hydrogen-bond acceptors (Lipinski definition) is 5. The molecule has 0 aliphatic carbocycles. The van der Waals surface area contributed by atoms with Gasteiger partial charge in [-0.15, -0.1) is 0 Å². The molecule has 7 nitrogen and oxygen atoms in total. The Hall–Kier alpha value is -0.890. The summed E-state index contributed by atoms with van der Waals surface area (Å²) in [6.45, 7) is 7.30. The third kappa shape index (κ3) is 4.10. The van der Waals surface area contributed by atoms with Gasteiger partial charge in [-0.25, -0.2) is 0 Å². The van der Waals surface area contributed by atoms with Crippen LogP contribution < -0.4 is 5.32 Å². The molecule has 0 bridgehead atoms. The summed E-state index contributed by atoms with van der Waals surface area (Å²) >= 11 is 0. The van der Waals surface area contributed by atoms with Crippen molar-refractivity contribution in [2.24, 2.45) is 4.99 Å². The van der Waals surface area contributed by atoms with Crippen LogP contribution >= 0.6 is 0 Å². The van der Waals surface area contributed by atoms with Crippen molar-refractivity contribution in [3.63, 3.8) is 0 Å². The Kier molecular flexibility index (Phi) is 5.75. The molecule has 142 valence electrons. The Morgan fingerprint density at radius 3 is 2.80 bits per heavy atom. The number of guanidine groups is 1. The maximum atomic E-state index is 6.05. The summed E-state index contributed by atoms with van der Waals surface area (Å²) in [5, 5.41) is 3.53. The van der Waals surface area contributed by atoms with Crippen LogP contribution in [0, 0.1) is 0 Å². The molecule has 4 atom stereocenters. The van der Waals surface area contributed by atoms with E-state index < -0.39 is 0 Å². The fourth-order valence-corrected chi connectivity index (χ4v) is 4.54. The predicted octanol–water partition coefficient (Wildman–Crippen LogP) is 0.305. The number of nitrogens with one attached hydrogen (secondary N) is 1. The van der Waals surface area contributed by atoms with Gasteiger partial charge in [-0.3, -0.25) is 9.89 Å². The van der Waals surface area contributed by atoms with Crippen LogP contribution in [-0.4, -0.2) is 99.7 Å². The van der Waals surface area contributed by atoms with Crippen molar-refractivity contribution in [2.75, 3.05) is 59.6 Å². The van der Waals surface area contributed by atoms with Gasteiger partial charge in [0.2, 0.25) is 0 Å². The van der Waals surface area contributed by atoms with Gasteiger partial charge in [0.15, 0.2) is 5.96 Å². The van der Waals surface area contributed by atoms with E-state index >= 15 is 0 Å². The van der Waals surface area contributed by atoms with E-state index in [1.165, 1.54) is 19.4 Å². The number of rotatable bonds is 3. The van der Waals surface area contributed by atoms with Crippen LogP contribution in [0.1, 0.15) is 25.7 Å². The van der Waals surface area contributed by atoms with Gasteiger partial charge in [-0.1, -0.05) is 0 Å². The van der Waals surface area contributed by atoms with Gasteiger partial charge in [-0.05, 0) is 32.2 Å². The van der Waals surface area contributed by atoms with Gasteiger partial charge in [-0.2, -0.15) is 0 Å². The molecule has 4 aliphatic rings.